The van der Waals surface area contributed by atoms with Crippen molar-refractivity contribution in [2.75, 3.05) is 6.54 Å². The Morgan fingerprint density at radius 2 is 2.45 bits per heavy atom. The van der Waals surface area contributed by atoms with E-state index in [1.807, 2.05) is 13.0 Å². The standard InChI is InChI=1S/C13H15NO4S2/c1-8-4-5-9(18-8)7-10-12(17)14(13(19)20-10)6-2-3-11(15)16/h5,7-8H,2-4,6H2,1H3,(H,15,16)/b10-7+. The second-order valence-corrected chi connectivity index (χ2v) is 6.28. The van der Waals surface area contributed by atoms with Crippen molar-refractivity contribution in [3.05, 3.63) is 22.8 Å². The van der Waals surface area contributed by atoms with Crippen LogP contribution < -0.4 is 0 Å². The van der Waals surface area contributed by atoms with E-state index in [9.17, 15) is 9.59 Å². The van der Waals surface area contributed by atoms with Crippen molar-refractivity contribution in [3.8, 4) is 0 Å². The Hall–Kier alpha value is -1.34. The van der Waals surface area contributed by atoms with Crippen LogP contribution in [0.5, 0.6) is 0 Å². The van der Waals surface area contributed by atoms with Crippen molar-refractivity contribution in [2.24, 2.45) is 0 Å². The van der Waals surface area contributed by atoms with Gasteiger partial charge < -0.3 is 9.84 Å². The van der Waals surface area contributed by atoms with Crippen LogP contribution in [0, 0.1) is 0 Å². The first kappa shape index (κ1) is 15.1. The number of amides is 1. The number of carboxylic acid groups (broad SMARTS) is 1. The van der Waals surface area contributed by atoms with Crippen molar-refractivity contribution < 1.29 is 19.4 Å². The summed E-state index contributed by atoms with van der Waals surface area (Å²) < 4.78 is 6.00. The minimum atomic E-state index is -0.871. The van der Waals surface area contributed by atoms with Gasteiger partial charge in [-0.3, -0.25) is 14.5 Å². The van der Waals surface area contributed by atoms with Gasteiger partial charge in [0, 0.05) is 19.4 Å². The summed E-state index contributed by atoms with van der Waals surface area (Å²) in [6, 6.07) is 0. The van der Waals surface area contributed by atoms with E-state index in [2.05, 4.69) is 0 Å². The zero-order valence-electron chi connectivity index (χ0n) is 11.0. The SMILES string of the molecule is CC1CC=C(/C=C2/SC(=S)N(CCCC(=O)O)C2=O)O1. The topological polar surface area (TPSA) is 66.8 Å². The van der Waals surface area contributed by atoms with E-state index >= 15 is 0 Å². The van der Waals surface area contributed by atoms with Crippen molar-refractivity contribution in [2.45, 2.75) is 32.3 Å². The summed E-state index contributed by atoms with van der Waals surface area (Å²) in [7, 11) is 0. The molecular formula is C13H15NO4S2. The summed E-state index contributed by atoms with van der Waals surface area (Å²) in [6.45, 7) is 2.30. The normalized spacial score (nSPS) is 24.2. The lowest BCUT2D eigenvalue weighted by atomic mass is 10.3. The van der Waals surface area contributed by atoms with Gasteiger partial charge in [0.25, 0.3) is 5.91 Å². The molecule has 0 radical (unpaired) electrons. The molecule has 0 aromatic heterocycles. The van der Waals surface area contributed by atoms with Gasteiger partial charge in [-0.25, -0.2) is 0 Å². The van der Waals surface area contributed by atoms with Crippen molar-refractivity contribution in [1.82, 2.24) is 4.90 Å². The van der Waals surface area contributed by atoms with Crippen molar-refractivity contribution in [3.63, 3.8) is 0 Å². The molecule has 1 fully saturated rings. The Balaban J connectivity index is 1.98. The molecule has 5 nitrogen and oxygen atoms in total. The van der Waals surface area contributed by atoms with Gasteiger partial charge in [0.15, 0.2) is 0 Å². The highest BCUT2D eigenvalue weighted by molar-refractivity contribution is 8.26. The second-order valence-electron chi connectivity index (χ2n) is 4.60. The van der Waals surface area contributed by atoms with Crippen LogP contribution in [-0.4, -0.2) is 38.9 Å². The smallest absolute Gasteiger partial charge is 0.303 e. The molecule has 2 rings (SSSR count). The lowest BCUT2D eigenvalue weighted by molar-refractivity contribution is -0.137. The number of ether oxygens (including phenoxy) is 1. The molecule has 1 amide bonds. The number of carboxylic acids is 1. The van der Waals surface area contributed by atoms with E-state index in [1.54, 1.807) is 6.08 Å². The fourth-order valence-electron chi connectivity index (χ4n) is 1.91. The van der Waals surface area contributed by atoms with Gasteiger partial charge in [0.2, 0.25) is 0 Å². The monoisotopic (exact) mass is 313 g/mol. The Morgan fingerprint density at radius 3 is 3.05 bits per heavy atom. The van der Waals surface area contributed by atoms with Gasteiger partial charge in [-0.2, -0.15) is 0 Å². The minimum absolute atomic E-state index is 0.0296. The average molecular weight is 313 g/mol. The predicted molar refractivity (Wildman–Crippen MR) is 80.1 cm³/mol. The Bertz CT molecular complexity index is 513. The number of hydrogen-bond donors (Lipinski definition) is 1. The molecule has 1 unspecified atom stereocenters. The maximum Gasteiger partial charge on any atom is 0.303 e. The third-order valence-electron chi connectivity index (χ3n) is 2.91. The van der Waals surface area contributed by atoms with Crippen LogP contribution in [0.4, 0.5) is 0 Å². The van der Waals surface area contributed by atoms with Gasteiger partial charge >= 0.3 is 5.97 Å². The van der Waals surface area contributed by atoms with E-state index in [0.717, 1.165) is 6.42 Å². The number of carbonyl (C=O) groups is 2. The molecular weight excluding hydrogens is 298 g/mol. The molecule has 1 N–H and O–H groups in total. The summed E-state index contributed by atoms with van der Waals surface area (Å²) in [6.07, 6.45) is 5.06. The predicted octanol–water partition coefficient (Wildman–Crippen LogP) is 2.29. The minimum Gasteiger partial charge on any atom is -0.491 e. The number of aliphatic carboxylic acids is 1. The molecule has 2 aliphatic heterocycles. The number of carbonyl (C=O) groups excluding carboxylic acids is 1. The molecule has 108 valence electrons. The van der Waals surface area contributed by atoms with Gasteiger partial charge in [-0.05, 0) is 25.5 Å². The molecule has 0 saturated carbocycles. The van der Waals surface area contributed by atoms with Gasteiger partial charge in [-0.15, -0.1) is 0 Å². The third kappa shape index (κ3) is 3.61. The Morgan fingerprint density at radius 1 is 1.70 bits per heavy atom. The fourth-order valence-corrected chi connectivity index (χ4v) is 3.20. The highest BCUT2D eigenvalue weighted by Gasteiger charge is 2.32. The Kier molecular flexibility index (Phi) is 4.82. The third-order valence-corrected chi connectivity index (χ3v) is 4.29. The average Bonchev–Trinajstić information content (AvgIpc) is 2.88. The van der Waals surface area contributed by atoms with Crippen LogP contribution in [0.2, 0.25) is 0 Å². The van der Waals surface area contributed by atoms with Crippen molar-refractivity contribution >= 4 is 40.2 Å². The molecule has 2 heterocycles. The first-order chi connectivity index (χ1) is 9.47. The number of hydrogen-bond acceptors (Lipinski definition) is 5. The first-order valence-corrected chi connectivity index (χ1v) is 7.54. The maximum absolute atomic E-state index is 12.2. The lowest BCUT2D eigenvalue weighted by Crippen LogP contribution is -2.29. The Labute approximate surface area is 126 Å². The molecule has 0 aliphatic carbocycles. The van der Waals surface area contributed by atoms with Crippen LogP contribution in [0.3, 0.4) is 0 Å². The van der Waals surface area contributed by atoms with Gasteiger partial charge in [-0.1, -0.05) is 24.0 Å². The molecule has 1 saturated heterocycles. The van der Waals surface area contributed by atoms with Crippen LogP contribution in [0.25, 0.3) is 0 Å². The molecule has 7 heteroatoms. The number of allylic oxidation sites excluding steroid dienone is 1. The van der Waals surface area contributed by atoms with Crippen LogP contribution >= 0.6 is 24.0 Å². The summed E-state index contributed by atoms with van der Waals surface area (Å²) in [5, 5.41) is 8.61. The summed E-state index contributed by atoms with van der Waals surface area (Å²) >= 11 is 6.39. The number of rotatable bonds is 5. The lowest BCUT2D eigenvalue weighted by Gasteiger charge is -2.13. The van der Waals surface area contributed by atoms with Gasteiger partial charge in [0.05, 0.1) is 11.0 Å². The van der Waals surface area contributed by atoms with Crippen LogP contribution in [0.15, 0.2) is 22.8 Å². The molecule has 1 atom stereocenters. The molecule has 2 aliphatic rings. The van der Waals surface area contributed by atoms with E-state index in [4.69, 9.17) is 22.1 Å². The number of nitrogens with zero attached hydrogens (tertiary/aromatic N) is 1. The maximum atomic E-state index is 12.2. The first-order valence-electron chi connectivity index (χ1n) is 6.31. The van der Waals surface area contributed by atoms with Crippen LogP contribution in [-0.2, 0) is 14.3 Å². The van der Waals surface area contributed by atoms with E-state index in [-0.39, 0.29) is 18.4 Å². The summed E-state index contributed by atoms with van der Waals surface area (Å²) in [5.41, 5.74) is 0. The largest absolute Gasteiger partial charge is 0.491 e. The quantitative estimate of drug-likeness (QED) is 0.620. The second kappa shape index (κ2) is 6.41. The zero-order chi connectivity index (χ0) is 14.7. The molecule has 0 spiro atoms. The summed E-state index contributed by atoms with van der Waals surface area (Å²) in [5.74, 6) is -0.345. The molecule has 0 aromatic rings. The van der Waals surface area contributed by atoms with E-state index in [1.165, 1.54) is 16.7 Å². The zero-order valence-corrected chi connectivity index (χ0v) is 12.6. The number of thiocarbonyl (C=S) groups is 1. The highest BCUT2D eigenvalue weighted by atomic mass is 32.2. The number of thioether (sulfide) groups is 1. The molecule has 20 heavy (non-hydrogen) atoms. The van der Waals surface area contributed by atoms with E-state index < -0.39 is 5.97 Å². The van der Waals surface area contributed by atoms with Gasteiger partial charge in [0.1, 0.15) is 10.1 Å². The highest BCUT2D eigenvalue weighted by Crippen LogP contribution is 2.33. The van der Waals surface area contributed by atoms with Crippen LogP contribution in [0.1, 0.15) is 26.2 Å². The fraction of sp³-hybridized carbons (Fsp3) is 0.462. The van der Waals surface area contributed by atoms with Crippen molar-refractivity contribution in [1.29, 1.82) is 0 Å². The summed E-state index contributed by atoms with van der Waals surface area (Å²) in [4.78, 5) is 24.6. The molecule has 0 aromatic carbocycles. The van der Waals surface area contributed by atoms with E-state index in [0.29, 0.717) is 28.0 Å². The molecule has 0 bridgehead atoms.